The van der Waals surface area contributed by atoms with Gasteiger partial charge in [0.2, 0.25) is 0 Å². The molecule has 0 aliphatic heterocycles. The minimum Gasteiger partial charge on any atom is -0.345 e. The van der Waals surface area contributed by atoms with Crippen LogP contribution >= 0.6 is 7.92 Å². The van der Waals surface area contributed by atoms with Gasteiger partial charge in [0, 0.05) is 6.16 Å². The maximum Gasteiger partial charge on any atom is 0.139 e. The quantitative estimate of drug-likeness (QED) is 0.278. The first-order valence-electron chi connectivity index (χ1n) is 5.04. The molecule has 0 aromatic heterocycles. The van der Waals surface area contributed by atoms with Crippen LogP contribution in [0, 0.1) is 0 Å². The minimum absolute atomic E-state index is 0.192. The summed E-state index contributed by atoms with van der Waals surface area (Å²) in [5.74, 6) is 0.192. The third kappa shape index (κ3) is 1.97. The molecule has 0 unspecified atom stereocenters. The summed E-state index contributed by atoms with van der Waals surface area (Å²) in [6.45, 7) is 3.53. The third-order valence-corrected chi connectivity index (χ3v) is 6.84. The van der Waals surface area contributed by atoms with Crippen LogP contribution in [0.25, 0.3) is 0 Å². The van der Waals surface area contributed by atoms with E-state index in [0.717, 1.165) is 25.7 Å². The molecule has 0 amide bonds. The SMILES string of the molecule is C=C(CP(C1(OO)CC1)C1(OO)CC1)OO. The fourth-order valence-electron chi connectivity index (χ4n) is 1.90. The second-order valence-corrected chi connectivity index (χ2v) is 7.09. The summed E-state index contributed by atoms with van der Waals surface area (Å²) >= 11 is 0. The van der Waals surface area contributed by atoms with Crippen LogP contribution in [0.5, 0.6) is 0 Å². The lowest BCUT2D eigenvalue weighted by Gasteiger charge is -2.30. The van der Waals surface area contributed by atoms with E-state index >= 15 is 0 Å². The van der Waals surface area contributed by atoms with Crippen molar-refractivity contribution in [3.05, 3.63) is 12.3 Å². The molecular weight excluding hydrogens is 235 g/mol. The summed E-state index contributed by atoms with van der Waals surface area (Å²) in [4.78, 5) is 13.2. The molecule has 0 spiro atoms. The first kappa shape index (κ1) is 12.2. The third-order valence-electron chi connectivity index (χ3n) is 3.14. The first-order valence-corrected chi connectivity index (χ1v) is 6.57. The Labute approximate surface area is 94.0 Å². The van der Waals surface area contributed by atoms with Gasteiger partial charge in [0.15, 0.2) is 0 Å². The van der Waals surface area contributed by atoms with E-state index < -0.39 is 18.6 Å². The summed E-state index contributed by atoms with van der Waals surface area (Å²) in [6.07, 6.45) is 3.23. The van der Waals surface area contributed by atoms with Crippen molar-refractivity contribution >= 4 is 7.92 Å². The summed E-state index contributed by atoms with van der Waals surface area (Å²) in [5, 5.41) is 25.1. The van der Waals surface area contributed by atoms with Gasteiger partial charge in [-0.3, -0.25) is 10.5 Å². The van der Waals surface area contributed by atoms with E-state index in [1.807, 2.05) is 0 Å². The Bertz CT molecular complexity index is 266. The van der Waals surface area contributed by atoms with E-state index in [1.54, 1.807) is 0 Å². The molecule has 2 saturated carbocycles. The van der Waals surface area contributed by atoms with Crippen LogP contribution in [0.15, 0.2) is 12.3 Å². The highest BCUT2D eigenvalue weighted by atomic mass is 31.1. The number of hydrogen-bond acceptors (Lipinski definition) is 6. The highest BCUT2D eigenvalue weighted by Crippen LogP contribution is 2.77. The zero-order valence-corrected chi connectivity index (χ0v) is 9.65. The second kappa shape index (κ2) is 4.22. The molecule has 3 N–H and O–H groups in total. The molecule has 0 aromatic carbocycles. The van der Waals surface area contributed by atoms with Gasteiger partial charge in [-0.2, -0.15) is 0 Å². The van der Waals surface area contributed by atoms with Crippen molar-refractivity contribution in [1.29, 1.82) is 0 Å². The highest BCUT2D eigenvalue weighted by molar-refractivity contribution is 7.61. The molecule has 6 nitrogen and oxygen atoms in total. The van der Waals surface area contributed by atoms with Gasteiger partial charge in [-0.25, -0.2) is 15.0 Å². The molecule has 0 aromatic rings. The van der Waals surface area contributed by atoms with Crippen LogP contribution < -0.4 is 0 Å². The van der Waals surface area contributed by atoms with Crippen molar-refractivity contribution < 1.29 is 30.4 Å². The zero-order valence-electron chi connectivity index (χ0n) is 8.76. The Morgan fingerprint density at radius 1 is 1.06 bits per heavy atom. The van der Waals surface area contributed by atoms with Gasteiger partial charge in [-0.05, 0) is 33.6 Å². The van der Waals surface area contributed by atoms with Crippen LogP contribution in [-0.2, 0) is 14.7 Å². The van der Waals surface area contributed by atoms with Gasteiger partial charge in [-0.15, -0.1) is 0 Å². The first-order chi connectivity index (χ1) is 7.62. The van der Waals surface area contributed by atoms with Crippen molar-refractivity contribution in [2.45, 2.75) is 36.4 Å². The molecule has 2 aliphatic rings. The lowest BCUT2D eigenvalue weighted by atomic mass is 10.7. The lowest BCUT2D eigenvalue weighted by Crippen LogP contribution is -2.24. The summed E-state index contributed by atoms with van der Waals surface area (Å²) < 4.78 is 0. The van der Waals surface area contributed by atoms with E-state index in [0.29, 0.717) is 6.16 Å². The minimum atomic E-state index is -0.999. The predicted molar refractivity (Wildman–Crippen MR) is 56.0 cm³/mol. The molecule has 2 rings (SSSR count). The van der Waals surface area contributed by atoms with Crippen molar-refractivity contribution in [3.8, 4) is 0 Å². The van der Waals surface area contributed by atoms with Crippen molar-refractivity contribution in [3.63, 3.8) is 0 Å². The van der Waals surface area contributed by atoms with Crippen molar-refractivity contribution in [2.24, 2.45) is 0 Å². The maximum absolute atomic E-state index is 8.95. The van der Waals surface area contributed by atoms with E-state index in [1.165, 1.54) is 0 Å². The Balaban J connectivity index is 2.11. The standard InChI is InChI=1S/C9H15O6P/c1-7(13-10)6-16(8(14-11)2-3-8)9(15-12)4-5-9/h10-12H,1-6H2. The van der Waals surface area contributed by atoms with Gasteiger partial charge >= 0.3 is 0 Å². The zero-order chi connectivity index (χ0) is 11.8. The number of allylic oxidation sites excluding steroid dienone is 1. The van der Waals surface area contributed by atoms with Gasteiger partial charge < -0.3 is 4.89 Å². The fourth-order valence-corrected chi connectivity index (χ4v) is 5.13. The second-order valence-electron chi connectivity index (χ2n) is 4.29. The summed E-state index contributed by atoms with van der Waals surface area (Å²) in [7, 11) is -0.999. The Kier molecular flexibility index (Phi) is 3.22. The lowest BCUT2D eigenvalue weighted by molar-refractivity contribution is -0.279. The predicted octanol–water partition coefficient (Wildman–Crippen LogP) is 2.43. The Morgan fingerprint density at radius 2 is 1.50 bits per heavy atom. The van der Waals surface area contributed by atoms with Crippen molar-refractivity contribution in [2.75, 3.05) is 6.16 Å². The Hall–Kier alpha value is -0.230. The van der Waals surface area contributed by atoms with E-state index in [9.17, 15) is 0 Å². The molecule has 0 atom stereocenters. The molecule has 7 heteroatoms. The molecule has 0 heterocycles. The van der Waals surface area contributed by atoms with Crippen LogP contribution in [0.2, 0.25) is 0 Å². The average Bonchev–Trinajstić information content (AvgIpc) is 3.19. The largest absolute Gasteiger partial charge is 0.345 e. The molecule has 2 aliphatic carbocycles. The molecule has 92 valence electrons. The maximum atomic E-state index is 8.95. The molecule has 0 bridgehead atoms. The number of rotatable bonds is 7. The fraction of sp³-hybridized carbons (Fsp3) is 0.778. The van der Waals surface area contributed by atoms with E-state index in [-0.39, 0.29) is 5.76 Å². The molecule has 0 radical (unpaired) electrons. The normalized spacial score (nSPS) is 24.2. The summed E-state index contributed by atoms with van der Waals surface area (Å²) in [5.41, 5.74) is 0. The topological polar surface area (TPSA) is 88.4 Å². The van der Waals surface area contributed by atoms with Crippen LogP contribution in [0.3, 0.4) is 0 Å². The smallest absolute Gasteiger partial charge is 0.139 e. The van der Waals surface area contributed by atoms with Gasteiger partial charge in [0.25, 0.3) is 0 Å². The van der Waals surface area contributed by atoms with Crippen molar-refractivity contribution in [1.82, 2.24) is 0 Å². The summed E-state index contributed by atoms with van der Waals surface area (Å²) in [6, 6.07) is 0. The average molecular weight is 250 g/mol. The molecule has 0 saturated heterocycles. The monoisotopic (exact) mass is 250 g/mol. The highest BCUT2D eigenvalue weighted by Gasteiger charge is 2.65. The van der Waals surface area contributed by atoms with Crippen LogP contribution in [0.1, 0.15) is 25.7 Å². The van der Waals surface area contributed by atoms with Gasteiger partial charge in [-0.1, -0.05) is 6.58 Å². The van der Waals surface area contributed by atoms with Crippen LogP contribution in [-0.4, -0.2) is 32.6 Å². The number of hydrogen-bond donors (Lipinski definition) is 3. The van der Waals surface area contributed by atoms with Gasteiger partial charge in [0.1, 0.15) is 16.4 Å². The molecule has 16 heavy (non-hydrogen) atoms. The van der Waals surface area contributed by atoms with Crippen LogP contribution in [0.4, 0.5) is 0 Å². The van der Waals surface area contributed by atoms with E-state index in [2.05, 4.69) is 21.2 Å². The van der Waals surface area contributed by atoms with Gasteiger partial charge in [0.05, 0.1) is 0 Å². The Morgan fingerprint density at radius 3 is 1.75 bits per heavy atom. The molecule has 2 fully saturated rings. The van der Waals surface area contributed by atoms with E-state index in [4.69, 9.17) is 15.8 Å². The molecular formula is C9H15O6P.